The minimum absolute atomic E-state index is 0.158. The highest BCUT2D eigenvalue weighted by Gasteiger charge is 2.25. The largest absolute Gasteiger partial charge is 0.377 e. The molecule has 0 unspecified atom stereocenters. The number of halogens is 1. The summed E-state index contributed by atoms with van der Waals surface area (Å²) in [7, 11) is 3.94. The van der Waals surface area contributed by atoms with Crippen molar-refractivity contribution in [2.24, 2.45) is 0 Å². The van der Waals surface area contributed by atoms with Crippen LogP contribution in [-0.4, -0.2) is 36.9 Å². The van der Waals surface area contributed by atoms with Gasteiger partial charge in [-0.25, -0.2) is 4.39 Å². The summed E-state index contributed by atoms with van der Waals surface area (Å²) in [6.45, 7) is 2.41. The van der Waals surface area contributed by atoms with Crippen LogP contribution in [-0.2, 0) is 11.3 Å². The van der Waals surface area contributed by atoms with Crippen molar-refractivity contribution < 1.29 is 14.0 Å². The van der Waals surface area contributed by atoms with E-state index >= 15 is 0 Å². The van der Waals surface area contributed by atoms with Crippen LogP contribution in [0.4, 0.5) is 15.8 Å². The zero-order chi connectivity index (χ0) is 22.4. The van der Waals surface area contributed by atoms with Gasteiger partial charge in [-0.3, -0.25) is 9.59 Å². The Morgan fingerprint density at radius 1 is 1.06 bits per heavy atom. The molecule has 1 aliphatic carbocycles. The Morgan fingerprint density at radius 3 is 2.45 bits per heavy atom. The molecule has 0 aliphatic heterocycles. The lowest BCUT2D eigenvalue weighted by atomic mass is 9.93. The molecule has 0 saturated heterocycles. The summed E-state index contributed by atoms with van der Waals surface area (Å²) < 4.78 is 13.5. The second kappa shape index (κ2) is 10.4. The van der Waals surface area contributed by atoms with Gasteiger partial charge in [0.15, 0.2) is 0 Å². The highest BCUT2D eigenvalue weighted by molar-refractivity contribution is 6.04. The number of amides is 2. The summed E-state index contributed by atoms with van der Waals surface area (Å²) in [5, 5.41) is 2.86. The SMILES string of the molecule is CCC(=O)N(Cc1cc(NC(=O)c2cccc(F)c2)ccc1N(C)C)C1CCCCC1. The van der Waals surface area contributed by atoms with Crippen LogP contribution in [0.25, 0.3) is 0 Å². The van der Waals surface area contributed by atoms with E-state index in [9.17, 15) is 14.0 Å². The van der Waals surface area contributed by atoms with Crippen molar-refractivity contribution in [1.29, 1.82) is 0 Å². The quantitative estimate of drug-likeness (QED) is 0.662. The molecule has 1 aliphatic rings. The number of carbonyl (C=O) groups excluding carboxylic acids is 2. The van der Waals surface area contributed by atoms with Crippen molar-refractivity contribution in [2.45, 2.75) is 58.0 Å². The molecule has 1 fully saturated rings. The molecule has 3 rings (SSSR count). The van der Waals surface area contributed by atoms with Gasteiger partial charge >= 0.3 is 0 Å². The average molecular weight is 426 g/mol. The first-order chi connectivity index (χ1) is 14.9. The third kappa shape index (κ3) is 5.84. The van der Waals surface area contributed by atoms with E-state index < -0.39 is 5.82 Å². The molecular formula is C25H32FN3O2. The maximum atomic E-state index is 13.5. The van der Waals surface area contributed by atoms with Gasteiger partial charge in [0.25, 0.3) is 5.91 Å². The van der Waals surface area contributed by atoms with E-state index in [4.69, 9.17) is 0 Å². The summed E-state index contributed by atoms with van der Waals surface area (Å²) in [6, 6.07) is 11.6. The minimum Gasteiger partial charge on any atom is -0.377 e. The van der Waals surface area contributed by atoms with Gasteiger partial charge < -0.3 is 15.1 Å². The van der Waals surface area contributed by atoms with Crippen molar-refractivity contribution in [3.8, 4) is 0 Å². The number of benzene rings is 2. The van der Waals surface area contributed by atoms with E-state index in [0.29, 0.717) is 18.7 Å². The molecule has 0 spiro atoms. The van der Waals surface area contributed by atoms with E-state index in [1.54, 1.807) is 6.07 Å². The van der Waals surface area contributed by atoms with E-state index in [-0.39, 0.29) is 23.4 Å². The molecule has 0 radical (unpaired) electrons. The fourth-order valence-electron chi connectivity index (χ4n) is 4.26. The van der Waals surface area contributed by atoms with Crippen molar-refractivity contribution in [3.63, 3.8) is 0 Å². The lowest BCUT2D eigenvalue weighted by molar-refractivity contribution is -0.134. The average Bonchev–Trinajstić information content (AvgIpc) is 2.77. The predicted octanol–water partition coefficient (Wildman–Crippen LogP) is 5.22. The van der Waals surface area contributed by atoms with Crippen LogP contribution in [0.5, 0.6) is 0 Å². The highest BCUT2D eigenvalue weighted by Crippen LogP contribution is 2.29. The van der Waals surface area contributed by atoms with Crippen LogP contribution in [0.15, 0.2) is 42.5 Å². The molecule has 0 aromatic heterocycles. The van der Waals surface area contributed by atoms with Crippen molar-refractivity contribution in [2.75, 3.05) is 24.3 Å². The molecule has 31 heavy (non-hydrogen) atoms. The Labute approximate surface area is 184 Å². The summed E-state index contributed by atoms with van der Waals surface area (Å²) in [6.07, 6.45) is 6.10. The first-order valence-electron chi connectivity index (χ1n) is 11.1. The normalized spacial score (nSPS) is 14.2. The van der Waals surface area contributed by atoms with Gasteiger partial charge in [0.1, 0.15) is 5.82 Å². The standard InChI is InChI=1S/C25H32FN3O2/c1-4-24(30)29(22-11-6-5-7-12-22)17-19-16-21(13-14-23(19)28(2)3)27-25(31)18-9-8-10-20(26)15-18/h8-10,13-16,22H,4-7,11-12,17H2,1-3H3,(H,27,31). The lowest BCUT2D eigenvalue weighted by Gasteiger charge is -2.35. The molecular weight excluding hydrogens is 393 g/mol. The Kier molecular flexibility index (Phi) is 7.66. The van der Waals surface area contributed by atoms with Gasteiger partial charge in [-0.05, 0) is 54.8 Å². The van der Waals surface area contributed by atoms with Gasteiger partial charge in [0.2, 0.25) is 5.91 Å². The fraction of sp³-hybridized carbons (Fsp3) is 0.440. The first kappa shape index (κ1) is 22.8. The number of anilines is 2. The van der Waals surface area contributed by atoms with Crippen LogP contribution in [0.3, 0.4) is 0 Å². The van der Waals surface area contributed by atoms with E-state index in [0.717, 1.165) is 36.9 Å². The van der Waals surface area contributed by atoms with Crippen molar-refractivity contribution in [3.05, 3.63) is 59.4 Å². The topological polar surface area (TPSA) is 52.7 Å². The van der Waals surface area contributed by atoms with Crippen LogP contribution < -0.4 is 10.2 Å². The second-order valence-electron chi connectivity index (χ2n) is 8.37. The predicted molar refractivity (Wildman–Crippen MR) is 123 cm³/mol. The summed E-state index contributed by atoms with van der Waals surface area (Å²) in [5.41, 5.74) is 2.88. The molecule has 1 N–H and O–H groups in total. The minimum atomic E-state index is -0.447. The molecule has 0 heterocycles. The molecule has 1 saturated carbocycles. The highest BCUT2D eigenvalue weighted by atomic mass is 19.1. The third-order valence-electron chi connectivity index (χ3n) is 5.88. The first-order valence-corrected chi connectivity index (χ1v) is 11.1. The summed E-state index contributed by atoms with van der Waals surface area (Å²) >= 11 is 0. The summed E-state index contributed by atoms with van der Waals surface area (Å²) in [4.78, 5) is 29.4. The zero-order valence-electron chi connectivity index (χ0n) is 18.7. The van der Waals surface area contributed by atoms with Gasteiger partial charge in [0.05, 0.1) is 0 Å². The lowest BCUT2D eigenvalue weighted by Crippen LogP contribution is -2.40. The monoisotopic (exact) mass is 425 g/mol. The Balaban J connectivity index is 1.86. The maximum absolute atomic E-state index is 13.5. The molecule has 166 valence electrons. The molecule has 6 heteroatoms. The molecule has 0 atom stereocenters. The van der Waals surface area contributed by atoms with Gasteiger partial charge in [-0.2, -0.15) is 0 Å². The Morgan fingerprint density at radius 2 is 1.81 bits per heavy atom. The molecule has 0 bridgehead atoms. The number of hydrogen-bond acceptors (Lipinski definition) is 3. The zero-order valence-corrected chi connectivity index (χ0v) is 18.7. The number of rotatable bonds is 7. The fourth-order valence-corrected chi connectivity index (χ4v) is 4.26. The molecule has 2 amide bonds. The third-order valence-corrected chi connectivity index (χ3v) is 5.88. The van der Waals surface area contributed by atoms with E-state index in [1.165, 1.54) is 24.6 Å². The van der Waals surface area contributed by atoms with Crippen LogP contribution in [0, 0.1) is 5.82 Å². The summed E-state index contributed by atoms with van der Waals surface area (Å²) in [5.74, 6) is -0.653. The van der Waals surface area contributed by atoms with Crippen LogP contribution in [0.2, 0.25) is 0 Å². The Hall–Kier alpha value is -2.89. The number of nitrogens with zero attached hydrogens (tertiary/aromatic N) is 2. The van der Waals surface area contributed by atoms with Gasteiger partial charge in [-0.15, -0.1) is 0 Å². The van der Waals surface area contributed by atoms with Gasteiger partial charge in [0, 0.05) is 50.0 Å². The maximum Gasteiger partial charge on any atom is 0.255 e. The second-order valence-corrected chi connectivity index (χ2v) is 8.37. The van der Waals surface area contributed by atoms with Crippen molar-refractivity contribution in [1.82, 2.24) is 4.90 Å². The molecule has 2 aromatic carbocycles. The van der Waals surface area contributed by atoms with E-state index in [2.05, 4.69) is 5.32 Å². The van der Waals surface area contributed by atoms with Crippen LogP contribution >= 0.6 is 0 Å². The number of carbonyl (C=O) groups is 2. The number of nitrogens with one attached hydrogen (secondary N) is 1. The smallest absolute Gasteiger partial charge is 0.255 e. The number of hydrogen-bond donors (Lipinski definition) is 1. The Bertz CT molecular complexity index is 923. The van der Waals surface area contributed by atoms with Crippen LogP contribution in [0.1, 0.15) is 61.4 Å². The van der Waals surface area contributed by atoms with Crippen molar-refractivity contribution >= 4 is 23.2 Å². The molecule has 5 nitrogen and oxygen atoms in total. The van der Waals surface area contributed by atoms with Gasteiger partial charge in [-0.1, -0.05) is 32.3 Å². The molecule has 2 aromatic rings. The van der Waals surface area contributed by atoms with E-state index in [1.807, 2.05) is 49.0 Å².